The molecule has 0 atom stereocenters. The number of carbonyl (C=O) groups is 1. The first-order chi connectivity index (χ1) is 17.2. The third-order valence-electron chi connectivity index (χ3n) is 6.90. The number of hydrogen-bond donors (Lipinski definition) is 2. The number of fused-ring (bicyclic) bond motifs is 2. The molecule has 0 unspecified atom stereocenters. The Morgan fingerprint density at radius 3 is 2.17 bits per heavy atom. The Kier molecular flexibility index (Phi) is 5.04. The number of nitrogens with one attached hydrogen (secondary N) is 2. The molecule has 0 fully saturated rings. The second-order valence-electron chi connectivity index (χ2n) is 11.1. The minimum atomic E-state index is -0.221. The molecule has 2 amide bonds. The van der Waals surface area contributed by atoms with Gasteiger partial charge in [0.2, 0.25) is 0 Å². The van der Waals surface area contributed by atoms with Crippen molar-refractivity contribution in [2.75, 3.05) is 11.9 Å². The topological polar surface area (TPSA) is 62.8 Å². The highest BCUT2D eigenvalue weighted by molar-refractivity contribution is 5.98. The predicted octanol–water partition coefficient (Wildman–Crippen LogP) is 6.03. The van der Waals surface area contributed by atoms with Crippen molar-refractivity contribution in [3.63, 3.8) is 0 Å². The Hall–Kier alpha value is -3.93. The Morgan fingerprint density at radius 2 is 1.47 bits per heavy atom. The minimum Gasteiger partial charge on any atom is -0.487 e. The van der Waals surface area contributed by atoms with Gasteiger partial charge in [0.15, 0.2) is 0 Å². The third kappa shape index (κ3) is 4.17. The predicted molar refractivity (Wildman–Crippen MR) is 142 cm³/mol. The van der Waals surface area contributed by atoms with E-state index in [0.717, 1.165) is 58.0 Å². The summed E-state index contributed by atoms with van der Waals surface area (Å²) in [7, 11) is 0. The zero-order valence-corrected chi connectivity index (χ0v) is 21.1. The van der Waals surface area contributed by atoms with Crippen molar-refractivity contribution in [1.82, 2.24) is 10.4 Å². The summed E-state index contributed by atoms with van der Waals surface area (Å²) in [6, 6.07) is 22.1. The Bertz CT molecular complexity index is 1390. The standard InChI is InChI=1S/C30H31N3O3/c1-29(2)16-21-14-20(10-12-25(21)35-29)27-24(19-8-6-5-7-9-19)18-33(32-27)28(34)31-23-11-13-26-22(15-23)17-30(3,4)36-26/h5-15,32H,16-18H2,1-4H3,(H,31,34). The molecule has 0 spiro atoms. The van der Waals surface area contributed by atoms with E-state index in [2.05, 4.69) is 62.7 Å². The fourth-order valence-corrected chi connectivity index (χ4v) is 5.36. The summed E-state index contributed by atoms with van der Waals surface area (Å²) >= 11 is 0. The molecular formula is C30H31N3O3. The van der Waals surface area contributed by atoms with Gasteiger partial charge in [0.25, 0.3) is 0 Å². The van der Waals surface area contributed by atoms with Gasteiger partial charge in [-0.3, -0.25) is 5.43 Å². The number of carbonyl (C=O) groups excluding carboxylic acids is 1. The van der Waals surface area contributed by atoms with Crippen LogP contribution in [0.25, 0.3) is 11.3 Å². The van der Waals surface area contributed by atoms with E-state index in [1.54, 1.807) is 5.01 Å². The highest BCUT2D eigenvalue weighted by Gasteiger charge is 2.33. The first kappa shape index (κ1) is 22.5. The van der Waals surface area contributed by atoms with E-state index in [1.807, 2.05) is 42.5 Å². The zero-order valence-electron chi connectivity index (χ0n) is 21.1. The average molecular weight is 482 g/mol. The van der Waals surface area contributed by atoms with Crippen LogP contribution in [0.5, 0.6) is 11.5 Å². The lowest BCUT2D eigenvalue weighted by Crippen LogP contribution is -2.40. The van der Waals surface area contributed by atoms with Gasteiger partial charge in [-0.1, -0.05) is 30.3 Å². The molecule has 184 valence electrons. The minimum absolute atomic E-state index is 0.206. The fraction of sp³-hybridized carbons (Fsp3) is 0.300. The molecule has 0 saturated carbocycles. The second kappa shape index (κ2) is 8.05. The quantitative estimate of drug-likeness (QED) is 0.479. The number of nitrogens with zero attached hydrogens (tertiary/aromatic N) is 1. The molecule has 6 rings (SSSR count). The van der Waals surface area contributed by atoms with Crippen LogP contribution in [0, 0.1) is 0 Å². The van der Waals surface area contributed by atoms with Gasteiger partial charge in [-0.15, -0.1) is 0 Å². The molecule has 6 heteroatoms. The summed E-state index contributed by atoms with van der Waals surface area (Å²) in [5.74, 6) is 1.82. The summed E-state index contributed by atoms with van der Waals surface area (Å²) in [6.07, 6.45) is 1.67. The average Bonchev–Trinajstić information content (AvgIpc) is 3.49. The van der Waals surface area contributed by atoms with E-state index in [0.29, 0.717) is 6.54 Å². The largest absolute Gasteiger partial charge is 0.487 e. The van der Waals surface area contributed by atoms with Gasteiger partial charge in [-0.2, -0.15) is 0 Å². The lowest BCUT2D eigenvalue weighted by atomic mass is 9.97. The first-order valence-electron chi connectivity index (χ1n) is 12.4. The van der Waals surface area contributed by atoms with Crippen molar-refractivity contribution < 1.29 is 14.3 Å². The van der Waals surface area contributed by atoms with Crippen LogP contribution in [0.1, 0.15) is 49.9 Å². The first-order valence-corrected chi connectivity index (χ1v) is 12.4. The molecule has 0 bridgehead atoms. The van der Waals surface area contributed by atoms with Gasteiger partial charge in [-0.05, 0) is 75.2 Å². The number of amides is 2. The molecule has 3 aliphatic heterocycles. The maximum atomic E-state index is 13.3. The maximum absolute atomic E-state index is 13.3. The van der Waals surface area contributed by atoms with Crippen LogP contribution in [-0.2, 0) is 12.8 Å². The van der Waals surface area contributed by atoms with Gasteiger partial charge < -0.3 is 14.8 Å². The van der Waals surface area contributed by atoms with E-state index in [4.69, 9.17) is 9.47 Å². The molecule has 36 heavy (non-hydrogen) atoms. The third-order valence-corrected chi connectivity index (χ3v) is 6.90. The number of hydrogen-bond acceptors (Lipinski definition) is 4. The van der Waals surface area contributed by atoms with E-state index in [9.17, 15) is 4.79 Å². The molecule has 3 aromatic carbocycles. The van der Waals surface area contributed by atoms with Crippen LogP contribution in [0.4, 0.5) is 10.5 Å². The Balaban J connectivity index is 1.26. The summed E-state index contributed by atoms with van der Waals surface area (Å²) in [5.41, 5.74) is 10.2. The summed E-state index contributed by atoms with van der Waals surface area (Å²) < 4.78 is 12.0. The van der Waals surface area contributed by atoms with Crippen LogP contribution < -0.4 is 20.2 Å². The van der Waals surface area contributed by atoms with Crippen LogP contribution in [0.15, 0.2) is 66.7 Å². The lowest BCUT2D eigenvalue weighted by molar-refractivity contribution is 0.138. The lowest BCUT2D eigenvalue weighted by Gasteiger charge is -2.19. The molecule has 0 aromatic heterocycles. The molecule has 6 nitrogen and oxygen atoms in total. The summed E-state index contributed by atoms with van der Waals surface area (Å²) in [4.78, 5) is 13.3. The van der Waals surface area contributed by atoms with Crippen molar-refractivity contribution in [3.05, 3.63) is 89.0 Å². The number of rotatable bonds is 3. The van der Waals surface area contributed by atoms with E-state index in [-0.39, 0.29) is 17.2 Å². The van der Waals surface area contributed by atoms with Crippen molar-refractivity contribution in [3.8, 4) is 11.5 Å². The van der Waals surface area contributed by atoms with Crippen molar-refractivity contribution in [1.29, 1.82) is 0 Å². The molecule has 0 radical (unpaired) electrons. The molecule has 0 aliphatic carbocycles. The molecule has 2 N–H and O–H groups in total. The maximum Gasteiger partial charge on any atom is 0.340 e. The van der Waals surface area contributed by atoms with Crippen molar-refractivity contribution in [2.45, 2.75) is 51.7 Å². The summed E-state index contributed by atoms with van der Waals surface area (Å²) in [5, 5.41) is 4.70. The number of urea groups is 1. The number of ether oxygens (including phenoxy) is 2. The van der Waals surface area contributed by atoms with Crippen LogP contribution in [0.3, 0.4) is 0 Å². The van der Waals surface area contributed by atoms with Crippen molar-refractivity contribution >= 4 is 23.0 Å². The SMILES string of the molecule is CC1(C)Cc2cc(NC(=O)N3CC(c4ccccc4)=C(c4ccc5c(c4)CC(C)(C)O5)N3)ccc2O1. The van der Waals surface area contributed by atoms with Gasteiger partial charge in [0.05, 0.1) is 12.2 Å². The van der Waals surface area contributed by atoms with Gasteiger partial charge in [0, 0.05) is 35.2 Å². The van der Waals surface area contributed by atoms with Gasteiger partial charge in [-0.25, -0.2) is 9.80 Å². The number of hydrazine groups is 1. The van der Waals surface area contributed by atoms with E-state index >= 15 is 0 Å². The van der Waals surface area contributed by atoms with Crippen LogP contribution >= 0.6 is 0 Å². The zero-order chi connectivity index (χ0) is 25.1. The van der Waals surface area contributed by atoms with Crippen LogP contribution in [-0.4, -0.2) is 28.8 Å². The molecular weight excluding hydrogens is 450 g/mol. The fourth-order valence-electron chi connectivity index (χ4n) is 5.36. The van der Waals surface area contributed by atoms with E-state index < -0.39 is 0 Å². The van der Waals surface area contributed by atoms with Gasteiger partial charge >= 0.3 is 6.03 Å². The molecule has 0 saturated heterocycles. The molecule has 3 heterocycles. The number of benzene rings is 3. The van der Waals surface area contributed by atoms with Crippen molar-refractivity contribution in [2.24, 2.45) is 0 Å². The number of anilines is 1. The summed E-state index contributed by atoms with van der Waals surface area (Å²) in [6.45, 7) is 8.81. The Labute approximate surface area is 211 Å². The van der Waals surface area contributed by atoms with E-state index in [1.165, 1.54) is 5.56 Å². The highest BCUT2D eigenvalue weighted by atomic mass is 16.5. The monoisotopic (exact) mass is 481 g/mol. The normalized spacial score (nSPS) is 18.7. The molecule has 3 aromatic rings. The Morgan fingerprint density at radius 1 is 0.833 bits per heavy atom. The van der Waals surface area contributed by atoms with Gasteiger partial charge in [0.1, 0.15) is 22.7 Å². The smallest absolute Gasteiger partial charge is 0.340 e. The molecule has 3 aliphatic rings. The van der Waals surface area contributed by atoms with Crippen LogP contribution in [0.2, 0.25) is 0 Å². The highest BCUT2D eigenvalue weighted by Crippen LogP contribution is 2.39. The second-order valence-corrected chi connectivity index (χ2v) is 11.1.